The summed E-state index contributed by atoms with van der Waals surface area (Å²) in [5.41, 5.74) is 3.67. The Morgan fingerprint density at radius 2 is 1.89 bits per heavy atom. The maximum atomic E-state index is 13.9. The van der Waals surface area contributed by atoms with Gasteiger partial charge in [0.25, 0.3) is 6.43 Å². The highest BCUT2D eigenvalue weighted by molar-refractivity contribution is 6.62. The molecule has 2 aromatic heterocycles. The number of aliphatic hydroxyl groups excluding tert-OH is 1. The van der Waals surface area contributed by atoms with Crippen molar-refractivity contribution < 1.29 is 23.2 Å². The van der Waals surface area contributed by atoms with Crippen molar-refractivity contribution in [1.82, 2.24) is 19.9 Å². The van der Waals surface area contributed by atoms with E-state index in [4.69, 9.17) is 9.31 Å². The van der Waals surface area contributed by atoms with E-state index in [1.165, 1.54) is 0 Å². The van der Waals surface area contributed by atoms with Crippen LogP contribution in [0.15, 0.2) is 30.5 Å². The monoisotopic (exact) mass is 523 g/mol. The highest BCUT2D eigenvalue weighted by atomic mass is 19.3. The average molecular weight is 523 g/mol. The second kappa shape index (κ2) is 9.19. The van der Waals surface area contributed by atoms with Gasteiger partial charge in [0.2, 0.25) is 0 Å². The van der Waals surface area contributed by atoms with Crippen LogP contribution in [0.3, 0.4) is 0 Å². The number of likely N-dealkylation sites (tertiary alicyclic amines) is 1. The van der Waals surface area contributed by atoms with E-state index in [0.717, 1.165) is 35.2 Å². The summed E-state index contributed by atoms with van der Waals surface area (Å²) in [5, 5.41) is 9.84. The molecule has 0 radical (unpaired) electrons. The number of fused-ring (bicyclic) bond motifs is 2. The van der Waals surface area contributed by atoms with Crippen LogP contribution < -0.4 is 10.4 Å². The number of hydrogen-bond acceptors (Lipinski definition) is 8. The van der Waals surface area contributed by atoms with Gasteiger partial charge >= 0.3 is 7.12 Å². The van der Waals surface area contributed by atoms with Crippen LogP contribution in [-0.2, 0) is 22.3 Å². The van der Waals surface area contributed by atoms with Gasteiger partial charge in [-0.15, -0.1) is 0 Å². The Bertz CT molecular complexity index is 1370. The maximum absolute atomic E-state index is 13.9. The lowest BCUT2D eigenvalue weighted by Gasteiger charge is -2.32. The molecule has 0 bridgehead atoms. The van der Waals surface area contributed by atoms with Gasteiger partial charge in [-0.05, 0) is 69.3 Å². The second-order valence-electron chi connectivity index (χ2n) is 11.4. The van der Waals surface area contributed by atoms with Crippen molar-refractivity contribution in [3.05, 3.63) is 47.4 Å². The van der Waals surface area contributed by atoms with Crippen LogP contribution in [0.1, 0.15) is 57.5 Å². The van der Waals surface area contributed by atoms with Crippen molar-refractivity contribution in [2.45, 2.75) is 70.8 Å². The number of aliphatic hydroxyl groups is 1. The van der Waals surface area contributed by atoms with Crippen molar-refractivity contribution in [2.24, 2.45) is 0 Å². The molecule has 1 aromatic carbocycles. The van der Waals surface area contributed by atoms with Gasteiger partial charge in [0.1, 0.15) is 5.52 Å². The lowest BCUT2D eigenvalue weighted by molar-refractivity contribution is 0.00578. The molecule has 0 unspecified atom stereocenters. The standard InChI is InChI=1S/C27H32BF2N5O3/c1-26(2)27(3,4)38-28(37-26)19-6-5-7-21-18(19)9-11-35(21)25-22-20(32-24(33-25)23(29)30)12-16(13-31-22)14-34-10-8-17(36)15-34/h5-7,12-13,17,23,36H,8-11,14-15H2,1-4H3/t17-/m0/s1. The number of alkyl halides is 2. The Morgan fingerprint density at radius 1 is 1.13 bits per heavy atom. The van der Waals surface area contributed by atoms with Gasteiger partial charge in [0.05, 0.1) is 22.8 Å². The molecular weight excluding hydrogens is 491 g/mol. The largest absolute Gasteiger partial charge is 0.495 e. The van der Waals surface area contributed by atoms with Gasteiger partial charge < -0.3 is 19.3 Å². The molecule has 38 heavy (non-hydrogen) atoms. The molecular formula is C27H32BF2N5O3. The van der Waals surface area contributed by atoms with Crippen LogP contribution in [0, 0.1) is 0 Å². The zero-order valence-corrected chi connectivity index (χ0v) is 22.1. The molecule has 3 aliphatic rings. The number of hydrogen-bond donors (Lipinski definition) is 1. The lowest BCUT2D eigenvalue weighted by Crippen LogP contribution is -2.41. The first-order valence-corrected chi connectivity index (χ1v) is 13.1. The van der Waals surface area contributed by atoms with Crippen molar-refractivity contribution >= 4 is 35.1 Å². The fraction of sp³-hybridized carbons (Fsp3) is 0.519. The van der Waals surface area contributed by atoms with E-state index in [-0.39, 0.29) is 6.10 Å². The minimum absolute atomic E-state index is 0.333. The van der Waals surface area contributed by atoms with Gasteiger partial charge in [-0.2, -0.15) is 0 Å². The maximum Gasteiger partial charge on any atom is 0.495 e. The molecule has 0 saturated carbocycles. The third-order valence-electron chi connectivity index (χ3n) is 8.27. The van der Waals surface area contributed by atoms with Gasteiger partial charge in [0, 0.05) is 38.1 Å². The fourth-order valence-corrected chi connectivity index (χ4v) is 5.52. The SMILES string of the molecule is CC1(C)OB(c2cccc3c2CCN3c2nc(C(F)F)nc3cc(CN4CC[C@H](O)C4)cnc23)OC1(C)C. The first-order chi connectivity index (χ1) is 18.0. The zero-order valence-electron chi connectivity index (χ0n) is 22.1. The van der Waals surface area contributed by atoms with E-state index >= 15 is 0 Å². The molecule has 1 atom stereocenters. The summed E-state index contributed by atoms with van der Waals surface area (Å²) in [6, 6.07) is 7.72. The number of benzene rings is 1. The van der Waals surface area contributed by atoms with Crippen LogP contribution in [0.4, 0.5) is 20.3 Å². The van der Waals surface area contributed by atoms with Gasteiger partial charge in [-0.3, -0.25) is 9.88 Å². The highest BCUT2D eigenvalue weighted by Gasteiger charge is 2.52. The molecule has 11 heteroatoms. The minimum atomic E-state index is -2.81. The molecule has 8 nitrogen and oxygen atoms in total. The van der Waals surface area contributed by atoms with Crippen LogP contribution >= 0.6 is 0 Å². The molecule has 0 aliphatic carbocycles. The minimum Gasteiger partial charge on any atom is -0.399 e. The highest BCUT2D eigenvalue weighted by Crippen LogP contribution is 2.40. The Balaban J connectivity index is 1.38. The zero-order chi connectivity index (χ0) is 26.8. The number of β-amino-alcohol motifs (C(OH)–C–C–N with tert-alkyl or cyclic N) is 1. The number of halogens is 2. The summed E-state index contributed by atoms with van der Waals surface area (Å²) in [5.74, 6) is -0.142. The summed E-state index contributed by atoms with van der Waals surface area (Å²) < 4.78 is 40.4. The molecule has 3 aromatic rings. The summed E-state index contributed by atoms with van der Waals surface area (Å²) in [6.07, 6.45) is 0.0273. The summed E-state index contributed by atoms with van der Waals surface area (Å²) >= 11 is 0. The number of pyridine rings is 1. The van der Waals surface area contributed by atoms with Crippen LogP contribution in [0.5, 0.6) is 0 Å². The van der Waals surface area contributed by atoms with Crippen molar-refractivity contribution in [1.29, 1.82) is 0 Å². The molecule has 6 rings (SSSR count). The third-order valence-corrected chi connectivity index (χ3v) is 8.27. The number of nitrogens with zero attached hydrogens (tertiary/aromatic N) is 5. The number of rotatable bonds is 5. The van der Waals surface area contributed by atoms with Crippen LogP contribution in [-0.4, -0.2) is 69.0 Å². The smallest absolute Gasteiger partial charge is 0.399 e. The number of anilines is 2. The molecule has 0 spiro atoms. The topological polar surface area (TPSA) is 83.8 Å². The van der Waals surface area contributed by atoms with E-state index in [1.54, 1.807) is 6.20 Å². The predicted octanol–water partition coefficient (Wildman–Crippen LogP) is 3.52. The first kappa shape index (κ1) is 25.5. The average Bonchev–Trinajstić information content (AvgIpc) is 3.53. The molecule has 1 N–H and O–H groups in total. The quantitative estimate of drug-likeness (QED) is 0.509. The lowest BCUT2D eigenvalue weighted by atomic mass is 9.75. The fourth-order valence-electron chi connectivity index (χ4n) is 5.52. The van der Waals surface area contributed by atoms with E-state index < -0.39 is 30.6 Å². The third kappa shape index (κ3) is 4.35. The van der Waals surface area contributed by atoms with E-state index in [0.29, 0.717) is 42.9 Å². The Labute approximate surface area is 221 Å². The van der Waals surface area contributed by atoms with Gasteiger partial charge in [-0.1, -0.05) is 12.1 Å². The molecule has 2 fully saturated rings. The molecule has 200 valence electrons. The molecule has 0 amide bonds. The Kier molecular flexibility index (Phi) is 6.18. The van der Waals surface area contributed by atoms with Crippen molar-refractivity contribution in [3.63, 3.8) is 0 Å². The summed E-state index contributed by atoms with van der Waals surface area (Å²) in [7, 11) is -0.515. The van der Waals surface area contributed by atoms with Gasteiger partial charge in [0.15, 0.2) is 11.6 Å². The first-order valence-electron chi connectivity index (χ1n) is 13.1. The number of aromatic nitrogens is 3. The molecule has 3 aliphatic heterocycles. The second-order valence-corrected chi connectivity index (χ2v) is 11.4. The predicted molar refractivity (Wildman–Crippen MR) is 141 cm³/mol. The Hall–Kier alpha value is -2.73. The van der Waals surface area contributed by atoms with Gasteiger partial charge in [-0.25, -0.2) is 18.7 Å². The van der Waals surface area contributed by atoms with Crippen LogP contribution in [0.2, 0.25) is 0 Å². The van der Waals surface area contributed by atoms with E-state index in [2.05, 4.69) is 19.9 Å². The summed E-state index contributed by atoms with van der Waals surface area (Å²) in [4.78, 5) is 17.2. The normalized spacial score (nSPS) is 22.7. The van der Waals surface area contributed by atoms with Crippen molar-refractivity contribution in [2.75, 3.05) is 24.5 Å². The molecule has 2 saturated heterocycles. The van der Waals surface area contributed by atoms with E-state index in [1.807, 2.05) is 56.9 Å². The Morgan fingerprint density at radius 3 is 2.58 bits per heavy atom. The molecule has 5 heterocycles. The summed E-state index contributed by atoms with van der Waals surface area (Å²) in [6.45, 7) is 10.6. The van der Waals surface area contributed by atoms with E-state index in [9.17, 15) is 13.9 Å². The van der Waals surface area contributed by atoms with Crippen LogP contribution in [0.25, 0.3) is 11.0 Å². The van der Waals surface area contributed by atoms with Crippen molar-refractivity contribution in [3.8, 4) is 0 Å².